The monoisotopic (exact) mass is 301 g/mol. The molecule has 0 radical (unpaired) electrons. The summed E-state index contributed by atoms with van der Waals surface area (Å²) in [5.41, 5.74) is 0.267. The van der Waals surface area contributed by atoms with Crippen LogP contribution in [0.4, 0.5) is 13.2 Å². The van der Waals surface area contributed by atoms with Gasteiger partial charge >= 0.3 is 6.18 Å². The van der Waals surface area contributed by atoms with E-state index in [0.29, 0.717) is 12.0 Å². The van der Waals surface area contributed by atoms with E-state index < -0.39 is 11.7 Å². The first-order valence-corrected chi connectivity index (χ1v) is 7.44. The Labute approximate surface area is 123 Å². The Morgan fingerprint density at radius 2 is 1.95 bits per heavy atom. The molecule has 0 amide bonds. The van der Waals surface area contributed by atoms with Crippen molar-refractivity contribution in [2.24, 2.45) is 5.92 Å². The maximum absolute atomic E-state index is 12.5. The van der Waals surface area contributed by atoms with Crippen LogP contribution >= 0.6 is 0 Å². The van der Waals surface area contributed by atoms with Crippen LogP contribution in [0.3, 0.4) is 0 Å². The van der Waals surface area contributed by atoms with Gasteiger partial charge in [0.25, 0.3) is 0 Å². The van der Waals surface area contributed by atoms with E-state index in [-0.39, 0.29) is 6.04 Å². The predicted octanol–water partition coefficient (Wildman–Crippen LogP) is 4.17. The molecule has 1 saturated heterocycles. The van der Waals surface area contributed by atoms with Crippen molar-refractivity contribution in [3.8, 4) is 0 Å². The molecule has 0 aliphatic carbocycles. The van der Waals surface area contributed by atoms with Crippen molar-refractivity contribution in [1.29, 1.82) is 0 Å². The third-order valence-corrected chi connectivity index (χ3v) is 4.17. The van der Waals surface area contributed by atoms with E-state index in [1.54, 1.807) is 12.1 Å². The summed E-state index contributed by atoms with van der Waals surface area (Å²) >= 11 is 0. The molecular weight excluding hydrogens is 279 g/mol. The minimum atomic E-state index is -4.27. The van der Waals surface area contributed by atoms with Crippen molar-refractivity contribution in [3.05, 3.63) is 35.4 Å². The SMILES string of the molecule is CCC1OCCC1CNC(C)c1ccc(C(F)(F)F)cc1. The third kappa shape index (κ3) is 4.20. The lowest BCUT2D eigenvalue weighted by atomic mass is 9.98. The molecule has 1 N–H and O–H groups in total. The summed E-state index contributed by atoms with van der Waals surface area (Å²) in [7, 11) is 0. The average Bonchev–Trinajstić information content (AvgIpc) is 2.91. The highest BCUT2D eigenvalue weighted by Crippen LogP contribution is 2.30. The van der Waals surface area contributed by atoms with Crippen LogP contribution in [0.25, 0.3) is 0 Å². The molecule has 2 nitrogen and oxygen atoms in total. The van der Waals surface area contributed by atoms with Crippen LogP contribution in [0.15, 0.2) is 24.3 Å². The minimum absolute atomic E-state index is 0.0328. The fourth-order valence-corrected chi connectivity index (χ4v) is 2.78. The quantitative estimate of drug-likeness (QED) is 0.881. The summed E-state index contributed by atoms with van der Waals surface area (Å²) in [6.45, 7) is 5.72. The van der Waals surface area contributed by atoms with Gasteiger partial charge in [-0.15, -0.1) is 0 Å². The van der Waals surface area contributed by atoms with E-state index in [1.165, 1.54) is 0 Å². The van der Waals surface area contributed by atoms with E-state index in [1.807, 2.05) is 6.92 Å². The predicted molar refractivity (Wildman–Crippen MR) is 76.0 cm³/mol. The van der Waals surface area contributed by atoms with Gasteiger partial charge in [0.15, 0.2) is 0 Å². The summed E-state index contributed by atoms with van der Waals surface area (Å²) in [4.78, 5) is 0. The summed E-state index contributed by atoms with van der Waals surface area (Å²) in [5.74, 6) is 0.492. The molecule has 2 rings (SSSR count). The normalized spacial score (nSPS) is 24.2. The first kappa shape index (κ1) is 16.3. The zero-order valence-corrected chi connectivity index (χ0v) is 12.4. The largest absolute Gasteiger partial charge is 0.416 e. The molecule has 118 valence electrons. The van der Waals surface area contributed by atoms with Crippen molar-refractivity contribution in [2.45, 2.75) is 45.0 Å². The molecular formula is C16H22F3NO. The van der Waals surface area contributed by atoms with Crippen LogP contribution in [0.2, 0.25) is 0 Å². The highest BCUT2D eigenvalue weighted by Gasteiger charge is 2.30. The lowest BCUT2D eigenvalue weighted by molar-refractivity contribution is -0.137. The number of nitrogens with one attached hydrogen (secondary N) is 1. The van der Waals surface area contributed by atoms with E-state index in [2.05, 4.69) is 12.2 Å². The van der Waals surface area contributed by atoms with Crippen LogP contribution in [-0.2, 0) is 10.9 Å². The first-order chi connectivity index (χ1) is 9.91. The highest BCUT2D eigenvalue weighted by atomic mass is 19.4. The Morgan fingerprint density at radius 3 is 2.52 bits per heavy atom. The van der Waals surface area contributed by atoms with Gasteiger partial charge in [-0.25, -0.2) is 0 Å². The fraction of sp³-hybridized carbons (Fsp3) is 0.625. The maximum Gasteiger partial charge on any atom is 0.416 e. The Morgan fingerprint density at radius 1 is 1.29 bits per heavy atom. The maximum atomic E-state index is 12.5. The van der Waals surface area contributed by atoms with Gasteiger partial charge < -0.3 is 10.1 Å². The lowest BCUT2D eigenvalue weighted by Gasteiger charge is -2.21. The van der Waals surface area contributed by atoms with Gasteiger partial charge in [-0.1, -0.05) is 19.1 Å². The van der Waals surface area contributed by atoms with Crippen molar-refractivity contribution in [3.63, 3.8) is 0 Å². The molecule has 1 fully saturated rings. The van der Waals surface area contributed by atoms with Crippen LogP contribution in [0, 0.1) is 5.92 Å². The lowest BCUT2D eigenvalue weighted by Crippen LogP contribution is -2.30. The topological polar surface area (TPSA) is 21.3 Å². The number of hydrogen-bond acceptors (Lipinski definition) is 2. The zero-order valence-electron chi connectivity index (χ0n) is 12.4. The molecule has 0 aromatic heterocycles. The summed E-state index contributed by atoms with van der Waals surface area (Å²) in [5, 5.41) is 3.40. The molecule has 5 heteroatoms. The number of rotatable bonds is 5. The minimum Gasteiger partial charge on any atom is -0.378 e. The van der Waals surface area contributed by atoms with E-state index in [9.17, 15) is 13.2 Å². The van der Waals surface area contributed by atoms with E-state index in [0.717, 1.165) is 43.7 Å². The van der Waals surface area contributed by atoms with Crippen molar-refractivity contribution in [1.82, 2.24) is 5.32 Å². The Bertz CT molecular complexity index is 444. The molecule has 1 aliphatic heterocycles. The van der Waals surface area contributed by atoms with Crippen LogP contribution < -0.4 is 5.32 Å². The number of halogens is 3. The standard InChI is InChI=1S/C16H22F3NO/c1-3-15-13(8-9-21-15)10-20-11(2)12-4-6-14(7-5-12)16(17,18)19/h4-7,11,13,15,20H,3,8-10H2,1-2H3. The smallest absolute Gasteiger partial charge is 0.378 e. The Kier molecular flexibility index (Phi) is 5.27. The van der Waals surface area contributed by atoms with Crippen LogP contribution in [0.1, 0.15) is 43.9 Å². The second-order valence-corrected chi connectivity index (χ2v) is 5.62. The van der Waals surface area contributed by atoms with Gasteiger partial charge in [-0.05, 0) is 43.4 Å². The molecule has 3 unspecified atom stereocenters. The van der Waals surface area contributed by atoms with Crippen LogP contribution in [-0.4, -0.2) is 19.3 Å². The molecule has 1 aliphatic rings. The molecule has 1 aromatic rings. The third-order valence-electron chi connectivity index (χ3n) is 4.17. The van der Waals surface area contributed by atoms with Crippen molar-refractivity contribution >= 4 is 0 Å². The van der Waals surface area contributed by atoms with Gasteiger partial charge in [0.1, 0.15) is 0 Å². The number of alkyl halides is 3. The van der Waals surface area contributed by atoms with Gasteiger partial charge in [-0.3, -0.25) is 0 Å². The summed E-state index contributed by atoms with van der Waals surface area (Å²) in [6.07, 6.45) is -1.92. The first-order valence-electron chi connectivity index (χ1n) is 7.44. The van der Waals surface area contributed by atoms with Crippen molar-refractivity contribution < 1.29 is 17.9 Å². The zero-order chi connectivity index (χ0) is 15.5. The van der Waals surface area contributed by atoms with E-state index >= 15 is 0 Å². The van der Waals surface area contributed by atoms with Gasteiger partial charge in [-0.2, -0.15) is 13.2 Å². The van der Waals surface area contributed by atoms with Gasteiger partial charge in [0.2, 0.25) is 0 Å². The Hall–Kier alpha value is -1.07. The Balaban J connectivity index is 1.90. The van der Waals surface area contributed by atoms with Crippen molar-refractivity contribution in [2.75, 3.05) is 13.2 Å². The summed E-state index contributed by atoms with van der Waals surface area (Å²) < 4.78 is 43.2. The van der Waals surface area contributed by atoms with E-state index in [4.69, 9.17) is 4.74 Å². The van der Waals surface area contributed by atoms with Crippen LogP contribution in [0.5, 0.6) is 0 Å². The fourth-order valence-electron chi connectivity index (χ4n) is 2.78. The van der Waals surface area contributed by atoms with Gasteiger partial charge in [0.05, 0.1) is 11.7 Å². The second-order valence-electron chi connectivity index (χ2n) is 5.62. The highest BCUT2D eigenvalue weighted by molar-refractivity contribution is 5.26. The number of ether oxygens (including phenoxy) is 1. The molecule has 1 heterocycles. The average molecular weight is 301 g/mol. The molecule has 21 heavy (non-hydrogen) atoms. The molecule has 0 bridgehead atoms. The molecule has 3 atom stereocenters. The molecule has 1 aromatic carbocycles. The number of hydrogen-bond donors (Lipinski definition) is 1. The molecule has 0 spiro atoms. The molecule has 0 saturated carbocycles. The summed E-state index contributed by atoms with van der Waals surface area (Å²) in [6, 6.07) is 5.40. The second kappa shape index (κ2) is 6.79. The van der Waals surface area contributed by atoms with Gasteiger partial charge in [0, 0.05) is 19.2 Å². The number of benzene rings is 1.